The second-order valence-electron chi connectivity index (χ2n) is 5.54. The molecule has 8 nitrogen and oxygen atoms in total. The number of thioether (sulfide) groups is 1. The lowest BCUT2D eigenvalue weighted by Crippen LogP contribution is -2.39. The maximum absolute atomic E-state index is 4.60. The summed E-state index contributed by atoms with van der Waals surface area (Å²) < 4.78 is 1.74. The summed E-state index contributed by atoms with van der Waals surface area (Å²) in [6, 6.07) is 0. The van der Waals surface area contributed by atoms with Gasteiger partial charge in [0.15, 0.2) is 11.6 Å². The van der Waals surface area contributed by atoms with Crippen molar-refractivity contribution in [3.05, 3.63) is 12.5 Å². The molecule has 0 spiro atoms. The van der Waals surface area contributed by atoms with Crippen LogP contribution in [0, 0.1) is 0 Å². The third-order valence-electron chi connectivity index (χ3n) is 3.61. The third kappa shape index (κ3) is 6.08. The van der Waals surface area contributed by atoms with Crippen molar-refractivity contribution in [3.8, 4) is 0 Å². The van der Waals surface area contributed by atoms with Gasteiger partial charge in [0.2, 0.25) is 0 Å². The normalized spacial score (nSPS) is 11.7. The molecule has 2 heterocycles. The number of hydrogen-bond acceptors (Lipinski definition) is 6. The standard InChI is InChI=1S/C16H28N8S/c1-4-17-16(19-7-5-6-10-25-3)20-9-8-18-14-13-11-23-24(2)15(13)22-12-21-14/h11-12H,4-10H2,1-3H3,(H2,17,19,20)(H,18,21,22). The first kappa shape index (κ1) is 19.3. The van der Waals surface area contributed by atoms with E-state index in [4.69, 9.17) is 0 Å². The molecule has 0 amide bonds. The highest BCUT2D eigenvalue weighted by Gasteiger charge is 2.06. The molecule has 0 saturated carbocycles. The monoisotopic (exact) mass is 364 g/mol. The van der Waals surface area contributed by atoms with E-state index in [0.717, 1.165) is 55.4 Å². The first-order valence-electron chi connectivity index (χ1n) is 8.64. The maximum atomic E-state index is 4.60. The summed E-state index contributed by atoms with van der Waals surface area (Å²) in [5.74, 6) is 2.87. The predicted molar refractivity (Wildman–Crippen MR) is 106 cm³/mol. The zero-order valence-electron chi connectivity index (χ0n) is 15.2. The first-order chi connectivity index (χ1) is 12.3. The molecule has 138 valence electrons. The van der Waals surface area contributed by atoms with Crippen molar-refractivity contribution < 1.29 is 0 Å². The van der Waals surface area contributed by atoms with E-state index in [0.29, 0.717) is 0 Å². The summed E-state index contributed by atoms with van der Waals surface area (Å²) in [7, 11) is 1.87. The number of nitrogens with one attached hydrogen (secondary N) is 3. The predicted octanol–water partition coefficient (Wildman–Crippen LogP) is 1.47. The van der Waals surface area contributed by atoms with Gasteiger partial charge in [0, 0.05) is 33.2 Å². The van der Waals surface area contributed by atoms with Gasteiger partial charge in [-0.25, -0.2) is 9.97 Å². The lowest BCUT2D eigenvalue weighted by Gasteiger charge is -2.12. The Labute approximate surface area is 153 Å². The lowest BCUT2D eigenvalue weighted by atomic mass is 10.3. The molecule has 0 aliphatic carbocycles. The van der Waals surface area contributed by atoms with Crippen LogP contribution in [0.5, 0.6) is 0 Å². The fraction of sp³-hybridized carbons (Fsp3) is 0.625. The number of aromatic nitrogens is 4. The molecule has 3 N–H and O–H groups in total. The van der Waals surface area contributed by atoms with Crippen LogP contribution in [0.15, 0.2) is 17.5 Å². The van der Waals surface area contributed by atoms with Gasteiger partial charge >= 0.3 is 0 Å². The van der Waals surface area contributed by atoms with E-state index in [1.165, 1.54) is 12.2 Å². The van der Waals surface area contributed by atoms with Crippen LogP contribution in [0.1, 0.15) is 19.8 Å². The number of fused-ring (bicyclic) bond motifs is 1. The Morgan fingerprint density at radius 3 is 2.92 bits per heavy atom. The summed E-state index contributed by atoms with van der Waals surface area (Å²) in [6.45, 7) is 5.27. The van der Waals surface area contributed by atoms with Crippen LogP contribution in [0.3, 0.4) is 0 Å². The van der Waals surface area contributed by atoms with Crippen molar-refractivity contribution in [2.75, 3.05) is 43.5 Å². The zero-order chi connectivity index (χ0) is 17.9. The van der Waals surface area contributed by atoms with Crippen molar-refractivity contribution in [2.45, 2.75) is 19.8 Å². The Morgan fingerprint density at radius 2 is 2.12 bits per heavy atom. The SMILES string of the molecule is CCNC(=NCCCCSC)NCCNc1ncnc2c1cnn2C. The number of anilines is 1. The third-order valence-corrected chi connectivity index (χ3v) is 4.31. The summed E-state index contributed by atoms with van der Waals surface area (Å²) in [6.07, 6.45) is 7.81. The summed E-state index contributed by atoms with van der Waals surface area (Å²) in [5.41, 5.74) is 0.825. The van der Waals surface area contributed by atoms with Crippen molar-refractivity contribution >= 4 is 34.6 Å². The van der Waals surface area contributed by atoms with Crippen molar-refractivity contribution in [3.63, 3.8) is 0 Å². The number of unbranched alkanes of at least 4 members (excludes halogenated alkanes) is 1. The molecule has 2 aromatic rings. The Bertz CT molecular complexity index is 669. The van der Waals surface area contributed by atoms with E-state index in [1.54, 1.807) is 17.2 Å². The van der Waals surface area contributed by atoms with Crippen LogP contribution in [-0.2, 0) is 7.05 Å². The summed E-state index contributed by atoms with van der Waals surface area (Å²) in [5, 5.41) is 15.1. The molecule has 0 aliphatic heterocycles. The van der Waals surface area contributed by atoms with Crippen molar-refractivity contribution in [1.29, 1.82) is 0 Å². The van der Waals surface area contributed by atoms with E-state index < -0.39 is 0 Å². The molecular formula is C16H28N8S. The van der Waals surface area contributed by atoms with Gasteiger partial charge in [-0.15, -0.1) is 0 Å². The number of hydrogen-bond donors (Lipinski definition) is 3. The number of aliphatic imine (C=N–C) groups is 1. The molecule has 0 aromatic carbocycles. The Morgan fingerprint density at radius 1 is 1.24 bits per heavy atom. The number of nitrogens with zero attached hydrogens (tertiary/aromatic N) is 5. The highest BCUT2D eigenvalue weighted by Crippen LogP contribution is 2.16. The second kappa shape index (κ2) is 10.8. The average Bonchev–Trinajstić information content (AvgIpc) is 3.00. The smallest absolute Gasteiger partial charge is 0.191 e. The van der Waals surface area contributed by atoms with Gasteiger partial charge in [0.1, 0.15) is 12.1 Å². The number of aryl methyl sites for hydroxylation is 1. The van der Waals surface area contributed by atoms with E-state index in [1.807, 2.05) is 18.8 Å². The highest BCUT2D eigenvalue weighted by atomic mass is 32.2. The molecule has 25 heavy (non-hydrogen) atoms. The van der Waals surface area contributed by atoms with Gasteiger partial charge in [-0.2, -0.15) is 16.9 Å². The van der Waals surface area contributed by atoms with Gasteiger partial charge in [-0.05, 0) is 31.8 Å². The van der Waals surface area contributed by atoms with Gasteiger partial charge in [-0.1, -0.05) is 0 Å². The number of guanidine groups is 1. The zero-order valence-corrected chi connectivity index (χ0v) is 16.1. The van der Waals surface area contributed by atoms with Crippen LogP contribution in [0.2, 0.25) is 0 Å². The van der Waals surface area contributed by atoms with Gasteiger partial charge in [0.05, 0.1) is 11.6 Å². The van der Waals surface area contributed by atoms with E-state index in [-0.39, 0.29) is 0 Å². The minimum Gasteiger partial charge on any atom is -0.368 e. The average molecular weight is 365 g/mol. The largest absolute Gasteiger partial charge is 0.368 e. The minimum absolute atomic E-state index is 0.734. The molecule has 0 aliphatic rings. The van der Waals surface area contributed by atoms with E-state index in [2.05, 4.69) is 49.2 Å². The molecule has 0 saturated heterocycles. The van der Waals surface area contributed by atoms with Crippen LogP contribution in [-0.4, -0.2) is 63.9 Å². The molecule has 0 atom stereocenters. The van der Waals surface area contributed by atoms with Gasteiger partial charge < -0.3 is 16.0 Å². The maximum Gasteiger partial charge on any atom is 0.191 e. The Hall–Kier alpha value is -2.03. The molecule has 0 radical (unpaired) electrons. The van der Waals surface area contributed by atoms with E-state index >= 15 is 0 Å². The first-order valence-corrected chi connectivity index (χ1v) is 10.0. The highest BCUT2D eigenvalue weighted by molar-refractivity contribution is 7.98. The van der Waals surface area contributed by atoms with Gasteiger partial charge in [-0.3, -0.25) is 9.67 Å². The Balaban J connectivity index is 1.78. The van der Waals surface area contributed by atoms with Crippen LogP contribution >= 0.6 is 11.8 Å². The lowest BCUT2D eigenvalue weighted by molar-refractivity contribution is 0.778. The van der Waals surface area contributed by atoms with Crippen LogP contribution < -0.4 is 16.0 Å². The minimum atomic E-state index is 0.734. The fourth-order valence-corrected chi connectivity index (χ4v) is 2.85. The molecule has 2 aromatic heterocycles. The molecule has 0 fully saturated rings. The fourth-order valence-electron chi connectivity index (χ4n) is 2.36. The molecular weight excluding hydrogens is 336 g/mol. The summed E-state index contributed by atoms with van der Waals surface area (Å²) >= 11 is 1.88. The molecule has 0 unspecified atom stereocenters. The molecule has 2 rings (SSSR count). The van der Waals surface area contributed by atoms with Crippen molar-refractivity contribution in [2.24, 2.45) is 12.0 Å². The van der Waals surface area contributed by atoms with E-state index in [9.17, 15) is 0 Å². The molecule has 9 heteroatoms. The number of rotatable bonds is 10. The van der Waals surface area contributed by atoms with Crippen LogP contribution in [0.25, 0.3) is 11.0 Å². The Kier molecular flexibility index (Phi) is 8.30. The van der Waals surface area contributed by atoms with Crippen LogP contribution in [0.4, 0.5) is 5.82 Å². The molecule has 0 bridgehead atoms. The van der Waals surface area contributed by atoms with Gasteiger partial charge in [0.25, 0.3) is 0 Å². The topological polar surface area (TPSA) is 92.1 Å². The van der Waals surface area contributed by atoms with Crippen molar-refractivity contribution in [1.82, 2.24) is 30.4 Å². The summed E-state index contributed by atoms with van der Waals surface area (Å²) in [4.78, 5) is 13.1. The second-order valence-corrected chi connectivity index (χ2v) is 6.53. The quantitative estimate of drug-likeness (QED) is 0.334.